The van der Waals surface area contributed by atoms with Crippen LogP contribution in [0.1, 0.15) is 23.6 Å². The first kappa shape index (κ1) is 26.3. The van der Waals surface area contributed by atoms with E-state index in [0.29, 0.717) is 32.9 Å². The molecule has 0 spiro atoms. The van der Waals surface area contributed by atoms with Crippen molar-refractivity contribution in [2.45, 2.75) is 23.5 Å². The van der Waals surface area contributed by atoms with Crippen LogP contribution in [0.25, 0.3) is 0 Å². The maximum Gasteiger partial charge on any atom is 0.416 e. The van der Waals surface area contributed by atoms with E-state index in [1.165, 1.54) is 0 Å². The van der Waals surface area contributed by atoms with Gasteiger partial charge in [0.25, 0.3) is 0 Å². The molecule has 2 atom stereocenters. The van der Waals surface area contributed by atoms with Gasteiger partial charge < -0.3 is 0 Å². The van der Waals surface area contributed by atoms with Crippen LogP contribution in [0.15, 0.2) is 70.7 Å². The molecule has 3 aromatic rings. The highest BCUT2D eigenvalue weighted by Gasteiger charge is 2.33. The van der Waals surface area contributed by atoms with E-state index in [1.807, 2.05) is 12.1 Å². The minimum atomic E-state index is -4.58. The SMILES string of the molecule is O=S(NCC1=NN(c2ccc(Cl)cc2Cl)[C@H](c2ccc(Cl)cc2)C1)c1cc(C(F)(F)F)ccc1Cl. The van der Waals surface area contributed by atoms with Crippen molar-refractivity contribution in [1.82, 2.24) is 4.72 Å². The van der Waals surface area contributed by atoms with Gasteiger partial charge in [0, 0.05) is 23.0 Å². The van der Waals surface area contributed by atoms with Crippen LogP contribution in [0, 0.1) is 0 Å². The Morgan fingerprint density at radius 3 is 2.29 bits per heavy atom. The van der Waals surface area contributed by atoms with E-state index in [-0.39, 0.29) is 22.5 Å². The van der Waals surface area contributed by atoms with E-state index >= 15 is 0 Å². The largest absolute Gasteiger partial charge is 0.416 e. The number of nitrogens with one attached hydrogen (secondary N) is 1. The van der Waals surface area contributed by atoms with Crippen molar-refractivity contribution in [2.24, 2.45) is 5.10 Å². The molecule has 35 heavy (non-hydrogen) atoms. The number of nitrogens with zero attached hydrogens (tertiary/aromatic N) is 2. The van der Waals surface area contributed by atoms with Crippen LogP contribution in [0.3, 0.4) is 0 Å². The summed E-state index contributed by atoms with van der Waals surface area (Å²) in [6.45, 7) is 0.0466. The van der Waals surface area contributed by atoms with Gasteiger partial charge >= 0.3 is 6.18 Å². The Hall–Kier alpha value is -1.81. The van der Waals surface area contributed by atoms with Gasteiger partial charge in [-0.25, -0.2) is 8.93 Å². The van der Waals surface area contributed by atoms with Crippen LogP contribution in [0.2, 0.25) is 20.1 Å². The Morgan fingerprint density at radius 2 is 1.63 bits per heavy atom. The van der Waals surface area contributed by atoms with Crippen LogP contribution >= 0.6 is 46.4 Å². The molecule has 4 rings (SSSR count). The minimum Gasteiger partial charge on any atom is -0.256 e. The van der Waals surface area contributed by atoms with E-state index in [4.69, 9.17) is 46.4 Å². The molecule has 1 aliphatic rings. The number of alkyl halides is 3. The summed E-state index contributed by atoms with van der Waals surface area (Å²) in [6, 6.07) is 14.8. The molecular formula is C23H16Cl4F3N3OS. The van der Waals surface area contributed by atoms with Crippen molar-refractivity contribution < 1.29 is 17.4 Å². The third-order valence-corrected chi connectivity index (χ3v) is 7.63. The van der Waals surface area contributed by atoms with E-state index in [9.17, 15) is 17.4 Å². The summed E-state index contributed by atoms with van der Waals surface area (Å²) in [5.41, 5.74) is 1.22. The molecule has 0 radical (unpaired) electrons. The average molecular weight is 581 g/mol. The van der Waals surface area contributed by atoms with Crippen LogP contribution in [0.5, 0.6) is 0 Å². The maximum atomic E-state index is 13.1. The Labute approximate surface area is 222 Å². The second-order valence-electron chi connectivity index (χ2n) is 7.61. The van der Waals surface area contributed by atoms with Gasteiger partial charge in [-0.2, -0.15) is 18.3 Å². The molecule has 3 aromatic carbocycles. The van der Waals surface area contributed by atoms with Crippen molar-refractivity contribution in [3.8, 4) is 0 Å². The lowest BCUT2D eigenvalue weighted by molar-refractivity contribution is -0.137. The first-order chi connectivity index (χ1) is 16.5. The normalized spacial score (nSPS) is 16.9. The standard InChI is InChI=1S/C23H16Cl4F3N3OS/c24-15-4-1-13(2-5-15)21-11-17(32-33(21)20-8-6-16(25)10-19(20)27)12-31-35(34)22-9-14(23(28,29)30)3-7-18(22)26/h1-10,21,31H,11-12H2/t21-,35?/m0/s1. The van der Waals surface area contributed by atoms with Crippen LogP contribution < -0.4 is 9.73 Å². The van der Waals surface area contributed by atoms with Gasteiger partial charge in [0.1, 0.15) is 11.0 Å². The highest BCUT2D eigenvalue weighted by molar-refractivity contribution is 7.83. The Morgan fingerprint density at radius 1 is 0.943 bits per heavy atom. The monoisotopic (exact) mass is 579 g/mol. The molecule has 184 valence electrons. The topological polar surface area (TPSA) is 44.7 Å². The minimum absolute atomic E-state index is 0.0363. The molecule has 4 nitrogen and oxygen atoms in total. The molecule has 0 fully saturated rings. The molecule has 0 aromatic heterocycles. The zero-order valence-corrected chi connectivity index (χ0v) is 21.5. The maximum absolute atomic E-state index is 13.1. The van der Waals surface area contributed by atoms with Gasteiger partial charge in [0.15, 0.2) is 0 Å². The van der Waals surface area contributed by atoms with Crippen LogP contribution in [-0.4, -0.2) is 16.5 Å². The fourth-order valence-corrected chi connectivity index (χ4v) is 5.44. The molecule has 1 unspecified atom stereocenters. The van der Waals surface area contributed by atoms with Crippen LogP contribution in [0.4, 0.5) is 18.9 Å². The third kappa shape index (κ3) is 6.13. The average Bonchev–Trinajstić information content (AvgIpc) is 3.21. The molecule has 1 N–H and O–H groups in total. The zero-order chi connectivity index (χ0) is 25.3. The molecule has 0 aliphatic carbocycles. The summed E-state index contributed by atoms with van der Waals surface area (Å²) in [5.74, 6) is 0. The van der Waals surface area contributed by atoms with E-state index in [1.54, 1.807) is 35.3 Å². The Kier molecular flexibility index (Phi) is 8.00. The molecule has 0 saturated carbocycles. The van der Waals surface area contributed by atoms with Crippen molar-refractivity contribution in [3.05, 3.63) is 91.9 Å². The number of hydrogen-bond acceptors (Lipinski definition) is 3. The highest BCUT2D eigenvalue weighted by Crippen LogP contribution is 2.40. The fourth-order valence-electron chi connectivity index (χ4n) is 3.56. The van der Waals surface area contributed by atoms with Crippen LogP contribution in [-0.2, 0) is 17.2 Å². The lowest BCUT2D eigenvalue weighted by Gasteiger charge is -2.25. The number of hydrogen-bond donors (Lipinski definition) is 1. The van der Waals surface area contributed by atoms with Gasteiger partial charge in [-0.1, -0.05) is 58.5 Å². The zero-order valence-electron chi connectivity index (χ0n) is 17.6. The molecule has 0 saturated heterocycles. The van der Waals surface area contributed by atoms with Crippen molar-refractivity contribution in [2.75, 3.05) is 11.6 Å². The molecule has 1 heterocycles. The molecule has 0 amide bonds. The predicted octanol–water partition coefficient (Wildman–Crippen LogP) is 7.94. The summed E-state index contributed by atoms with van der Waals surface area (Å²) >= 11 is 24.5. The first-order valence-electron chi connectivity index (χ1n) is 10.1. The summed E-state index contributed by atoms with van der Waals surface area (Å²) in [4.78, 5) is -0.160. The second-order valence-corrected chi connectivity index (χ2v) is 10.6. The van der Waals surface area contributed by atoms with Crippen molar-refractivity contribution in [3.63, 3.8) is 0 Å². The van der Waals surface area contributed by atoms with Crippen molar-refractivity contribution in [1.29, 1.82) is 0 Å². The van der Waals surface area contributed by atoms with Gasteiger partial charge in [-0.15, -0.1) is 0 Å². The fraction of sp³-hybridized carbons (Fsp3) is 0.174. The summed E-state index contributed by atoms with van der Waals surface area (Å²) in [7, 11) is -2.00. The lowest BCUT2D eigenvalue weighted by atomic mass is 10.0. The molecule has 12 heteroatoms. The van der Waals surface area contributed by atoms with Gasteiger partial charge in [-0.05, 0) is 54.1 Å². The van der Waals surface area contributed by atoms with E-state index < -0.39 is 22.7 Å². The quantitative estimate of drug-likeness (QED) is 0.322. The lowest BCUT2D eigenvalue weighted by Crippen LogP contribution is -2.25. The van der Waals surface area contributed by atoms with Gasteiger partial charge in [-0.3, -0.25) is 5.01 Å². The smallest absolute Gasteiger partial charge is 0.256 e. The molecule has 1 aliphatic heterocycles. The second kappa shape index (κ2) is 10.7. The number of halogens is 7. The van der Waals surface area contributed by atoms with Crippen molar-refractivity contribution >= 4 is 68.8 Å². The summed E-state index contributed by atoms with van der Waals surface area (Å²) in [5, 5.41) is 7.80. The summed E-state index contributed by atoms with van der Waals surface area (Å²) < 4.78 is 54.7. The van der Waals surface area contributed by atoms with E-state index in [2.05, 4.69) is 9.82 Å². The van der Waals surface area contributed by atoms with E-state index in [0.717, 1.165) is 23.8 Å². The summed E-state index contributed by atoms with van der Waals surface area (Å²) in [6.07, 6.45) is -4.13. The number of benzene rings is 3. The Bertz CT molecular complexity index is 1300. The van der Waals surface area contributed by atoms with Gasteiger partial charge in [0.05, 0.1) is 37.9 Å². The number of hydrazone groups is 1. The highest BCUT2D eigenvalue weighted by atomic mass is 35.5. The number of rotatable bonds is 6. The first-order valence-corrected chi connectivity index (χ1v) is 12.8. The predicted molar refractivity (Wildman–Crippen MR) is 136 cm³/mol. The third-order valence-electron chi connectivity index (χ3n) is 5.25. The Balaban J connectivity index is 1.58. The molecular weight excluding hydrogens is 565 g/mol. The number of anilines is 1. The van der Waals surface area contributed by atoms with Gasteiger partial charge in [0.2, 0.25) is 0 Å². The molecule has 0 bridgehead atoms.